The van der Waals surface area contributed by atoms with Gasteiger partial charge in [-0.3, -0.25) is 4.79 Å². The first-order chi connectivity index (χ1) is 5.71. The van der Waals surface area contributed by atoms with Crippen molar-refractivity contribution in [3.8, 4) is 0 Å². The van der Waals surface area contributed by atoms with E-state index in [1.807, 2.05) is 0 Å². The van der Waals surface area contributed by atoms with Crippen LogP contribution < -0.4 is 11.1 Å². The quantitative estimate of drug-likeness (QED) is 0.595. The van der Waals surface area contributed by atoms with Gasteiger partial charge in [0.15, 0.2) is 0 Å². The Morgan fingerprint density at radius 3 is 2.75 bits per heavy atom. The third kappa shape index (κ3) is 1.22. The SMILES string of the molecule is NC1(C2CCNC(=O)C2)CCC1. The Balaban J connectivity index is 1.98. The number of hydrogen-bond donors (Lipinski definition) is 2. The zero-order valence-electron chi connectivity index (χ0n) is 7.31. The van der Waals surface area contributed by atoms with Gasteiger partial charge in [-0.2, -0.15) is 0 Å². The van der Waals surface area contributed by atoms with Crippen LogP contribution in [-0.4, -0.2) is 18.0 Å². The molecule has 3 N–H and O–H groups in total. The highest BCUT2D eigenvalue weighted by Crippen LogP contribution is 2.39. The van der Waals surface area contributed by atoms with Crippen LogP contribution in [-0.2, 0) is 4.79 Å². The van der Waals surface area contributed by atoms with Crippen LogP contribution in [0.1, 0.15) is 32.1 Å². The second-order valence-corrected chi connectivity index (χ2v) is 4.13. The molecule has 2 fully saturated rings. The summed E-state index contributed by atoms with van der Waals surface area (Å²) in [4.78, 5) is 11.1. The van der Waals surface area contributed by atoms with E-state index in [4.69, 9.17) is 5.73 Å². The molecule has 1 aliphatic heterocycles. The van der Waals surface area contributed by atoms with E-state index in [1.165, 1.54) is 6.42 Å². The fraction of sp³-hybridized carbons (Fsp3) is 0.889. The average molecular weight is 168 g/mol. The van der Waals surface area contributed by atoms with Crippen molar-refractivity contribution in [2.75, 3.05) is 6.54 Å². The molecular formula is C9H16N2O. The number of amides is 1. The highest BCUT2D eigenvalue weighted by molar-refractivity contribution is 5.77. The van der Waals surface area contributed by atoms with Crippen molar-refractivity contribution in [1.29, 1.82) is 0 Å². The van der Waals surface area contributed by atoms with Gasteiger partial charge >= 0.3 is 0 Å². The van der Waals surface area contributed by atoms with E-state index in [1.54, 1.807) is 0 Å². The number of nitrogens with two attached hydrogens (primary N) is 1. The molecule has 0 aromatic heterocycles. The van der Waals surface area contributed by atoms with Crippen LogP contribution in [0.3, 0.4) is 0 Å². The van der Waals surface area contributed by atoms with E-state index in [0.717, 1.165) is 25.8 Å². The third-order valence-electron chi connectivity index (χ3n) is 3.34. The summed E-state index contributed by atoms with van der Waals surface area (Å²) in [6.45, 7) is 0.822. The van der Waals surface area contributed by atoms with Gasteiger partial charge in [0.25, 0.3) is 0 Å². The first-order valence-electron chi connectivity index (χ1n) is 4.76. The Hall–Kier alpha value is -0.570. The van der Waals surface area contributed by atoms with Crippen molar-refractivity contribution in [3.05, 3.63) is 0 Å². The van der Waals surface area contributed by atoms with E-state index < -0.39 is 0 Å². The maximum Gasteiger partial charge on any atom is 0.220 e. The highest BCUT2D eigenvalue weighted by Gasteiger charge is 2.41. The van der Waals surface area contributed by atoms with Crippen molar-refractivity contribution < 1.29 is 4.79 Å². The number of carbonyl (C=O) groups is 1. The molecule has 1 aliphatic carbocycles. The van der Waals surface area contributed by atoms with Gasteiger partial charge in [-0.1, -0.05) is 0 Å². The van der Waals surface area contributed by atoms with E-state index in [-0.39, 0.29) is 11.4 Å². The molecule has 0 bridgehead atoms. The lowest BCUT2D eigenvalue weighted by molar-refractivity contribution is -0.124. The van der Waals surface area contributed by atoms with Gasteiger partial charge in [-0.15, -0.1) is 0 Å². The van der Waals surface area contributed by atoms with Gasteiger partial charge in [-0.25, -0.2) is 0 Å². The monoisotopic (exact) mass is 168 g/mol. The molecule has 1 saturated heterocycles. The molecule has 0 aromatic carbocycles. The Kier molecular flexibility index (Phi) is 1.83. The minimum atomic E-state index is 0.0117. The van der Waals surface area contributed by atoms with Crippen molar-refractivity contribution in [1.82, 2.24) is 5.32 Å². The summed E-state index contributed by atoms with van der Waals surface area (Å²) in [5.41, 5.74) is 6.17. The predicted molar refractivity (Wildman–Crippen MR) is 46.5 cm³/mol. The largest absolute Gasteiger partial charge is 0.356 e. The van der Waals surface area contributed by atoms with Gasteiger partial charge in [0.05, 0.1) is 0 Å². The smallest absolute Gasteiger partial charge is 0.220 e. The van der Waals surface area contributed by atoms with Crippen LogP contribution in [0.2, 0.25) is 0 Å². The standard InChI is InChI=1S/C9H16N2O/c10-9(3-1-4-9)7-2-5-11-8(12)6-7/h7H,1-6,10H2,(H,11,12). The number of nitrogens with one attached hydrogen (secondary N) is 1. The summed E-state index contributed by atoms with van der Waals surface area (Å²) >= 11 is 0. The maximum absolute atomic E-state index is 11.1. The molecule has 68 valence electrons. The molecular weight excluding hydrogens is 152 g/mol. The lowest BCUT2D eigenvalue weighted by atomic mass is 9.66. The van der Waals surface area contributed by atoms with Crippen LogP contribution in [0.4, 0.5) is 0 Å². The van der Waals surface area contributed by atoms with Gasteiger partial charge < -0.3 is 11.1 Å². The minimum Gasteiger partial charge on any atom is -0.356 e. The fourth-order valence-electron chi connectivity index (χ4n) is 2.27. The highest BCUT2D eigenvalue weighted by atomic mass is 16.1. The summed E-state index contributed by atoms with van der Waals surface area (Å²) in [6, 6.07) is 0. The first kappa shape index (κ1) is 8.05. The summed E-state index contributed by atoms with van der Waals surface area (Å²) in [6.07, 6.45) is 5.20. The van der Waals surface area contributed by atoms with E-state index in [0.29, 0.717) is 12.3 Å². The maximum atomic E-state index is 11.1. The topological polar surface area (TPSA) is 55.1 Å². The molecule has 0 radical (unpaired) electrons. The molecule has 1 saturated carbocycles. The zero-order valence-corrected chi connectivity index (χ0v) is 7.31. The normalized spacial score (nSPS) is 33.8. The predicted octanol–water partition coefficient (Wildman–Crippen LogP) is 0.394. The van der Waals surface area contributed by atoms with E-state index in [2.05, 4.69) is 5.32 Å². The number of hydrogen-bond acceptors (Lipinski definition) is 2. The molecule has 12 heavy (non-hydrogen) atoms. The van der Waals surface area contributed by atoms with Crippen LogP contribution in [0.25, 0.3) is 0 Å². The van der Waals surface area contributed by atoms with Crippen LogP contribution in [0.15, 0.2) is 0 Å². The second kappa shape index (κ2) is 2.73. The van der Waals surface area contributed by atoms with Gasteiger partial charge in [0.1, 0.15) is 0 Å². The lowest BCUT2D eigenvalue weighted by Crippen LogP contribution is -2.56. The van der Waals surface area contributed by atoms with E-state index >= 15 is 0 Å². The molecule has 2 rings (SSSR count). The Bertz CT molecular complexity index is 199. The summed E-state index contributed by atoms with van der Waals surface area (Å²) in [5.74, 6) is 0.628. The molecule has 3 nitrogen and oxygen atoms in total. The fourth-order valence-corrected chi connectivity index (χ4v) is 2.27. The van der Waals surface area contributed by atoms with Crippen molar-refractivity contribution in [2.24, 2.45) is 11.7 Å². The van der Waals surface area contributed by atoms with Crippen molar-refractivity contribution in [3.63, 3.8) is 0 Å². The van der Waals surface area contributed by atoms with E-state index in [9.17, 15) is 4.79 Å². The molecule has 1 heterocycles. The lowest BCUT2D eigenvalue weighted by Gasteiger charge is -2.46. The third-order valence-corrected chi connectivity index (χ3v) is 3.34. The van der Waals surface area contributed by atoms with Gasteiger partial charge in [0, 0.05) is 18.5 Å². The van der Waals surface area contributed by atoms with Gasteiger partial charge in [-0.05, 0) is 31.6 Å². The average Bonchev–Trinajstić information content (AvgIpc) is 2.00. The summed E-state index contributed by atoms with van der Waals surface area (Å²) in [7, 11) is 0. The second-order valence-electron chi connectivity index (χ2n) is 4.13. The zero-order chi connectivity index (χ0) is 8.60. The van der Waals surface area contributed by atoms with Gasteiger partial charge in [0.2, 0.25) is 5.91 Å². The Morgan fingerprint density at radius 1 is 1.50 bits per heavy atom. The van der Waals surface area contributed by atoms with Crippen molar-refractivity contribution in [2.45, 2.75) is 37.6 Å². The van der Waals surface area contributed by atoms with Crippen LogP contribution in [0, 0.1) is 5.92 Å². The first-order valence-corrected chi connectivity index (χ1v) is 4.76. The summed E-state index contributed by atoms with van der Waals surface area (Å²) in [5, 5.41) is 2.84. The molecule has 2 aliphatic rings. The Labute approximate surface area is 72.7 Å². The number of rotatable bonds is 1. The summed E-state index contributed by atoms with van der Waals surface area (Å²) < 4.78 is 0. The molecule has 3 heteroatoms. The van der Waals surface area contributed by atoms with Crippen molar-refractivity contribution >= 4 is 5.91 Å². The molecule has 1 amide bonds. The number of piperidine rings is 1. The molecule has 0 aromatic rings. The molecule has 1 atom stereocenters. The van der Waals surface area contributed by atoms with Crippen LogP contribution >= 0.6 is 0 Å². The molecule has 0 spiro atoms. The van der Waals surface area contributed by atoms with Crippen LogP contribution in [0.5, 0.6) is 0 Å². The minimum absolute atomic E-state index is 0.0117. The molecule has 1 unspecified atom stereocenters. The number of carbonyl (C=O) groups excluding carboxylic acids is 1. The Morgan fingerprint density at radius 2 is 2.25 bits per heavy atom.